The molecule has 1 heterocycles. The summed E-state index contributed by atoms with van der Waals surface area (Å²) in [6.07, 6.45) is 0. The van der Waals surface area contributed by atoms with Crippen LogP contribution < -0.4 is 16.4 Å². The predicted molar refractivity (Wildman–Crippen MR) is 70.6 cm³/mol. The first-order chi connectivity index (χ1) is 8.27. The zero-order valence-corrected chi connectivity index (χ0v) is 10.4. The van der Waals surface area contributed by atoms with Crippen LogP contribution in [0.15, 0.2) is 30.3 Å². The number of hydrogen-bond acceptors (Lipinski definition) is 4. The van der Waals surface area contributed by atoms with Crippen LogP contribution in [-0.2, 0) is 4.79 Å². The molecule has 2 rings (SSSR count). The van der Waals surface area contributed by atoms with Crippen LogP contribution in [0.2, 0.25) is 0 Å². The Kier molecular flexibility index (Phi) is 4.42. The molecule has 0 saturated carbocycles. The number of carbonyl (C=O) groups excluding carboxylic acids is 1. The molecule has 1 aliphatic heterocycles. The molecular weight excluding hydrogens is 234 g/mol. The Hall–Kier alpha value is -1.04. The van der Waals surface area contributed by atoms with Crippen LogP contribution in [0, 0.1) is 0 Å². The predicted octanol–water partition coefficient (Wildman–Crippen LogP) is 0.465. The maximum absolute atomic E-state index is 11.7. The molecule has 0 aliphatic carbocycles. The standard InChI is InChI=1S/C12H17N3OS/c13-10(9-4-2-1-3-5-9)6-14-12(16)11-7-17-8-15-11/h1-5,10-11,15H,6-8,13H2,(H,14,16). The van der Waals surface area contributed by atoms with Crippen LogP contribution in [0.1, 0.15) is 11.6 Å². The van der Waals surface area contributed by atoms with Crippen molar-refractivity contribution in [1.29, 1.82) is 0 Å². The zero-order valence-electron chi connectivity index (χ0n) is 9.56. The van der Waals surface area contributed by atoms with Crippen LogP contribution in [-0.4, -0.2) is 30.1 Å². The van der Waals surface area contributed by atoms with Gasteiger partial charge in [-0.3, -0.25) is 10.1 Å². The summed E-state index contributed by atoms with van der Waals surface area (Å²) < 4.78 is 0. The van der Waals surface area contributed by atoms with Gasteiger partial charge < -0.3 is 11.1 Å². The Morgan fingerprint density at radius 2 is 2.29 bits per heavy atom. The Morgan fingerprint density at radius 3 is 2.94 bits per heavy atom. The highest BCUT2D eigenvalue weighted by Crippen LogP contribution is 2.11. The van der Waals surface area contributed by atoms with Gasteiger partial charge in [0.05, 0.1) is 6.04 Å². The second-order valence-corrected chi connectivity index (χ2v) is 5.06. The molecule has 4 N–H and O–H groups in total. The van der Waals surface area contributed by atoms with Crippen LogP contribution >= 0.6 is 11.8 Å². The molecule has 1 amide bonds. The lowest BCUT2D eigenvalue weighted by Crippen LogP contribution is -2.44. The number of benzene rings is 1. The van der Waals surface area contributed by atoms with E-state index >= 15 is 0 Å². The minimum absolute atomic E-state index is 0.0429. The lowest BCUT2D eigenvalue weighted by molar-refractivity contribution is -0.122. The number of rotatable bonds is 4. The molecule has 2 atom stereocenters. The van der Waals surface area contributed by atoms with Crippen LogP contribution in [0.3, 0.4) is 0 Å². The summed E-state index contributed by atoms with van der Waals surface area (Å²) in [5, 5.41) is 6.01. The summed E-state index contributed by atoms with van der Waals surface area (Å²) in [6, 6.07) is 9.59. The minimum atomic E-state index is -0.144. The second-order valence-electron chi connectivity index (χ2n) is 4.03. The average molecular weight is 251 g/mol. The van der Waals surface area contributed by atoms with E-state index in [4.69, 9.17) is 5.73 Å². The van der Waals surface area contributed by atoms with E-state index in [1.54, 1.807) is 11.8 Å². The number of thioether (sulfide) groups is 1. The summed E-state index contributed by atoms with van der Waals surface area (Å²) in [5.41, 5.74) is 7.04. The molecular formula is C12H17N3OS. The van der Waals surface area contributed by atoms with Crippen LogP contribution in [0.5, 0.6) is 0 Å². The first-order valence-corrected chi connectivity index (χ1v) is 6.82. The monoisotopic (exact) mass is 251 g/mol. The van der Waals surface area contributed by atoms with Gasteiger partial charge in [-0.25, -0.2) is 0 Å². The van der Waals surface area contributed by atoms with Gasteiger partial charge in [0, 0.05) is 24.2 Å². The van der Waals surface area contributed by atoms with Crippen molar-refractivity contribution in [2.75, 3.05) is 18.2 Å². The highest BCUT2D eigenvalue weighted by Gasteiger charge is 2.22. The third-order valence-electron chi connectivity index (χ3n) is 2.76. The van der Waals surface area contributed by atoms with Crippen molar-refractivity contribution >= 4 is 17.7 Å². The van der Waals surface area contributed by atoms with Crippen molar-refractivity contribution < 1.29 is 4.79 Å². The molecule has 1 aromatic rings. The van der Waals surface area contributed by atoms with Crippen molar-refractivity contribution in [2.24, 2.45) is 5.73 Å². The SMILES string of the molecule is NC(CNC(=O)C1CSCN1)c1ccccc1. The average Bonchev–Trinajstić information content (AvgIpc) is 2.90. The maximum atomic E-state index is 11.7. The molecule has 4 nitrogen and oxygen atoms in total. The van der Waals surface area contributed by atoms with E-state index < -0.39 is 0 Å². The summed E-state index contributed by atoms with van der Waals surface area (Å²) >= 11 is 1.74. The molecule has 0 spiro atoms. The summed E-state index contributed by atoms with van der Waals surface area (Å²) in [6.45, 7) is 0.478. The first-order valence-electron chi connectivity index (χ1n) is 5.67. The van der Waals surface area contributed by atoms with Gasteiger partial charge in [0.1, 0.15) is 0 Å². The van der Waals surface area contributed by atoms with Crippen molar-refractivity contribution in [3.63, 3.8) is 0 Å². The van der Waals surface area contributed by atoms with Gasteiger partial charge in [0.25, 0.3) is 0 Å². The van der Waals surface area contributed by atoms with Gasteiger partial charge in [-0.15, -0.1) is 11.8 Å². The molecule has 0 radical (unpaired) electrons. The van der Waals surface area contributed by atoms with Crippen LogP contribution in [0.4, 0.5) is 0 Å². The van der Waals surface area contributed by atoms with Crippen molar-refractivity contribution in [3.8, 4) is 0 Å². The van der Waals surface area contributed by atoms with Gasteiger partial charge >= 0.3 is 0 Å². The molecule has 2 unspecified atom stereocenters. The summed E-state index contributed by atoms with van der Waals surface area (Å²) in [5.74, 6) is 1.73. The fraction of sp³-hybridized carbons (Fsp3) is 0.417. The topological polar surface area (TPSA) is 67.1 Å². The van der Waals surface area contributed by atoms with E-state index in [-0.39, 0.29) is 18.0 Å². The molecule has 1 aromatic carbocycles. The minimum Gasteiger partial charge on any atom is -0.353 e. The smallest absolute Gasteiger partial charge is 0.238 e. The molecule has 0 aromatic heterocycles. The summed E-state index contributed by atoms with van der Waals surface area (Å²) in [4.78, 5) is 11.7. The van der Waals surface area contributed by atoms with E-state index in [1.807, 2.05) is 30.3 Å². The highest BCUT2D eigenvalue weighted by molar-refractivity contribution is 7.99. The summed E-state index contributed by atoms with van der Waals surface area (Å²) in [7, 11) is 0. The second kappa shape index (κ2) is 6.05. The molecule has 92 valence electrons. The van der Waals surface area contributed by atoms with E-state index in [9.17, 15) is 4.79 Å². The fourth-order valence-electron chi connectivity index (χ4n) is 1.72. The Labute approximate surface area is 105 Å². The molecule has 1 aliphatic rings. The number of nitrogens with two attached hydrogens (primary N) is 1. The molecule has 5 heteroatoms. The molecule has 17 heavy (non-hydrogen) atoms. The Bertz CT molecular complexity index is 365. The normalized spacial score (nSPS) is 21.1. The molecule has 1 fully saturated rings. The molecule has 1 saturated heterocycles. The van der Waals surface area contributed by atoms with Crippen molar-refractivity contribution in [3.05, 3.63) is 35.9 Å². The van der Waals surface area contributed by atoms with E-state index in [0.717, 1.165) is 17.2 Å². The lowest BCUT2D eigenvalue weighted by atomic mass is 10.1. The lowest BCUT2D eigenvalue weighted by Gasteiger charge is -2.15. The van der Waals surface area contributed by atoms with Gasteiger partial charge in [-0.2, -0.15) is 0 Å². The van der Waals surface area contributed by atoms with E-state index in [2.05, 4.69) is 10.6 Å². The first kappa shape index (κ1) is 12.4. The van der Waals surface area contributed by atoms with Gasteiger partial charge in [-0.1, -0.05) is 30.3 Å². The number of carbonyl (C=O) groups is 1. The fourth-order valence-corrected chi connectivity index (χ4v) is 2.66. The van der Waals surface area contributed by atoms with Gasteiger partial charge in [0.2, 0.25) is 5.91 Å². The van der Waals surface area contributed by atoms with Crippen molar-refractivity contribution in [2.45, 2.75) is 12.1 Å². The third kappa shape index (κ3) is 3.46. The quantitative estimate of drug-likeness (QED) is 0.727. The van der Waals surface area contributed by atoms with Gasteiger partial charge in [0.15, 0.2) is 0 Å². The largest absolute Gasteiger partial charge is 0.353 e. The van der Waals surface area contributed by atoms with Crippen LogP contribution in [0.25, 0.3) is 0 Å². The van der Waals surface area contributed by atoms with Crippen molar-refractivity contribution in [1.82, 2.24) is 10.6 Å². The van der Waals surface area contributed by atoms with E-state index in [0.29, 0.717) is 6.54 Å². The number of amides is 1. The Morgan fingerprint density at radius 1 is 1.53 bits per heavy atom. The third-order valence-corrected chi connectivity index (χ3v) is 3.70. The highest BCUT2D eigenvalue weighted by atomic mass is 32.2. The maximum Gasteiger partial charge on any atom is 0.238 e. The van der Waals surface area contributed by atoms with E-state index in [1.165, 1.54) is 0 Å². The number of hydrogen-bond donors (Lipinski definition) is 3. The van der Waals surface area contributed by atoms with Gasteiger partial charge in [-0.05, 0) is 5.56 Å². The molecule has 0 bridgehead atoms. The Balaban J connectivity index is 1.80. The zero-order chi connectivity index (χ0) is 12.1. The number of nitrogens with one attached hydrogen (secondary N) is 2.